The van der Waals surface area contributed by atoms with Crippen LogP contribution in [0.5, 0.6) is 5.75 Å². The van der Waals surface area contributed by atoms with Crippen molar-refractivity contribution in [3.05, 3.63) is 29.8 Å². The minimum absolute atomic E-state index is 0.187. The number of nitrogens with one attached hydrogen (secondary N) is 1. The zero-order valence-corrected chi connectivity index (χ0v) is 13.9. The quantitative estimate of drug-likeness (QED) is 0.797. The van der Waals surface area contributed by atoms with Crippen LogP contribution in [-0.4, -0.2) is 48.7 Å². The molecule has 2 rings (SSSR count). The highest BCUT2D eigenvalue weighted by Gasteiger charge is 2.31. The number of benzene rings is 1. The summed E-state index contributed by atoms with van der Waals surface area (Å²) >= 11 is 0. The summed E-state index contributed by atoms with van der Waals surface area (Å²) < 4.78 is 40.6. The lowest BCUT2D eigenvalue weighted by molar-refractivity contribution is -0.274. The number of hydrogen-bond donors (Lipinski definition) is 2. The summed E-state index contributed by atoms with van der Waals surface area (Å²) in [7, 11) is 0. The Morgan fingerprint density at radius 1 is 1.33 bits per heavy atom. The van der Waals surface area contributed by atoms with E-state index >= 15 is 0 Å². The molecule has 1 saturated heterocycles. The lowest BCUT2D eigenvalue weighted by atomic mass is 9.96. The molecule has 1 aliphatic heterocycles. The van der Waals surface area contributed by atoms with Gasteiger partial charge in [0.2, 0.25) is 0 Å². The molecule has 7 heteroatoms. The number of likely N-dealkylation sites (tertiary alicyclic amines) is 1. The number of piperidine rings is 1. The molecule has 136 valence electrons. The van der Waals surface area contributed by atoms with Crippen LogP contribution in [0.3, 0.4) is 0 Å². The van der Waals surface area contributed by atoms with E-state index < -0.39 is 6.36 Å². The average Bonchev–Trinajstić information content (AvgIpc) is 2.47. The summed E-state index contributed by atoms with van der Waals surface area (Å²) in [5.74, 6) is 0.373. The van der Waals surface area contributed by atoms with E-state index in [0.29, 0.717) is 19.0 Å². The second-order valence-electron chi connectivity index (χ2n) is 6.42. The Balaban J connectivity index is 1.70. The summed E-state index contributed by atoms with van der Waals surface area (Å²) in [6.45, 7) is 5.82. The van der Waals surface area contributed by atoms with Crippen LogP contribution in [0.2, 0.25) is 0 Å². The normalized spacial score (nSPS) is 18.5. The van der Waals surface area contributed by atoms with Gasteiger partial charge in [0, 0.05) is 13.1 Å². The molecule has 1 aliphatic rings. The van der Waals surface area contributed by atoms with E-state index in [1.807, 2.05) is 0 Å². The van der Waals surface area contributed by atoms with Crippen LogP contribution < -0.4 is 10.1 Å². The molecule has 2 N–H and O–H groups in total. The Kier molecular flexibility index (Phi) is 6.89. The van der Waals surface area contributed by atoms with Crippen molar-refractivity contribution in [3.8, 4) is 5.75 Å². The van der Waals surface area contributed by atoms with Gasteiger partial charge in [-0.2, -0.15) is 0 Å². The third-order valence-electron chi connectivity index (χ3n) is 4.12. The first kappa shape index (κ1) is 19.0. The Morgan fingerprint density at radius 2 is 2.04 bits per heavy atom. The molecule has 0 bridgehead atoms. The van der Waals surface area contributed by atoms with E-state index in [9.17, 15) is 18.3 Å². The van der Waals surface area contributed by atoms with Crippen molar-refractivity contribution in [1.82, 2.24) is 10.2 Å². The number of β-amino-alcohol motifs (C(OH)–C–C–N with tert-alkyl or cyclic N) is 1. The maximum Gasteiger partial charge on any atom is 0.573 e. The van der Waals surface area contributed by atoms with Gasteiger partial charge in [0.1, 0.15) is 5.75 Å². The highest BCUT2D eigenvalue weighted by molar-refractivity contribution is 5.28. The second kappa shape index (κ2) is 8.69. The first-order chi connectivity index (χ1) is 11.3. The molecule has 24 heavy (non-hydrogen) atoms. The van der Waals surface area contributed by atoms with Gasteiger partial charge in [-0.15, -0.1) is 13.2 Å². The molecule has 0 saturated carbocycles. The average molecular weight is 346 g/mol. The van der Waals surface area contributed by atoms with Crippen molar-refractivity contribution in [2.75, 3.05) is 26.2 Å². The molecule has 0 aromatic heterocycles. The van der Waals surface area contributed by atoms with Crippen molar-refractivity contribution in [3.63, 3.8) is 0 Å². The number of rotatable bonds is 7. The van der Waals surface area contributed by atoms with Gasteiger partial charge in [-0.05, 0) is 63.0 Å². The molecule has 0 aliphatic carbocycles. The van der Waals surface area contributed by atoms with Gasteiger partial charge in [-0.3, -0.25) is 0 Å². The summed E-state index contributed by atoms with van der Waals surface area (Å²) in [5, 5.41) is 12.7. The van der Waals surface area contributed by atoms with E-state index in [1.165, 1.54) is 12.1 Å². The summed E-state index contributed by atoms with van der Waals surface area (Å²) in [6.07, 6.45) is -2.83. The highest BCUT2D eigenvalue weighted by atomic mass is 19.4. The third-order valence-corrected chi connectivity index (χ3v) is 4.12. The fourth-order valence-corrected chi connectivity index (χ4v) is 3.02. The van der Waals surface area contributed by atoms with Crippen LogP contribution in [0, 0.1) is 5.92 Å². The van der Waals surface area contributed by atoms with Gasteiger partial charge in [-0.25, -0.2) is 0 Å². The maximum atomic E-state index is 12.2. The minimum atomic E-state index is -4.66. The van der Waals surface area contributed by atoms with Crippen LogP contribution in [0.1, 0.15) is 25.3 Å². The van der Waals surface area contributed by atoms with Crippen molar-refractivity contribution in [1.29, 1.82) is 0 Å². The summed E-state index contributed by atoms with van der Waals surface area (Å²) in [5.41, 5.74) is 0.767. The molecule has 1 fully saturated rings. The van der Waals surface area contributed by atoms with Gasteiger partial charge < -0.3 is 20.1 Å². The van der Waals surface area contributed by atoms with Crippen LogP contribution in [0.25, 0.3) is 0 Å². The number of aliphatic hydroxyl groups excluding tert-OH is 1. The third kappa shape index (κ3) is 7.07. The molecule has 0 radical (unpaired) electrons. The molecule has 1 aromatic rings. The molecule has 0 spiro atoms. The number of aliphatic hydroxyl groups is 1. The molecule has 1 heterocycles. The predicted molar refractivity (Wildman–Crippen MR) is 85.7 cm³/mol. The number of alkyl halides is 3. The number of ether oxygens (including phenoxy) is 1. The highest BCUT2D eigenvalue weighted by Crippen LogP contribution is 2.23. The Labute approximate surface area is 140 Å². The fourth-order valence-electron chi connectivity index (χ4n) is 3.02. The number of nitrogens with zero attached hydrogens (tertiary/aromatic N) is 1. The van der Waals surface area contributed by atoms with E-state index in [1.54, 1.807) is 19.1 Å². The predicted octanol–water partition coefficient (Wildman–Crippen LogP) is 2.77. The van der Waals surface area contributed by atoms with Gasteiger partial charge in [-0.1, -0.05) is 12.1 Å². The lowest BCUT2D eigenvalue weighted by Gasteiger charge is -2.32. The van der Waals surface area contributed by atoms with E-state index in [-0.39, 0.29) is 11.9 Å². The monoisotopic (exact) mass is 346 g/mol. The standard InChI is InChI=1S/C17H25F3N2O2/c1-13(23)12-22-7-5-14(6-8-22)10-21-11-15-3-2-4-16(9-15)24-17(18,19)20/h2-4,9,13-14,21,23H,5-8,10-12H2,1H3/t13-/m0/s1. The van der Waals surface area contributed by atoms with E-state index in [0.717, 1.165) is 38.0 Å². The second-order valence-corrected chi connectivity index (χ2v) is 6.42. The Hall–Kier alpha value is -1.31. The first-order valence-electron chi connectivity index (χ1n) is 8.27. The molecule has 0 unspecified atom stereocenters. The topological polar surface area (TPSA) is 44.7 Å². The Bertz CT molecular complexity index is 501. The van der Waals surface area contributed by atoms with Crippen molar-refractivity contribution in [2.45, 2.75) is 38.8 Å². The lowest BCUT2D eigenvalue weighted by Crippen LogP contribution is -2.40. The summed E-state index contributed by atoms with van der Waals surface area (Å²) in [6, 6.07) is 6.05. The van der Waals surface area contributed by atoms with Crippen LogP contribution >= 0.6 is 0 Å². The molecule has 0 amide bonds. The molecule has 1 aromatic carbocycles. The number of halogens is 3. The van der Waals surface area contributed by atoms with Gasteiger partial charge in [0.15, 0.2) is 0 Å². The first-order valence-corrected chi connectivity index (χ1v) is 8.27. The smallest absolute Gasteiger partial charge is 0.406 e. The fraction of sp³-hybridized carbons (Fsp3) is 0.647. The van der Waals surface area contributed by atoms with E-state index in [2.05, 4.69) is 15.0 Å². The molecule has 1 atom stereocenters. The molecular formula is C17H25F3N2O2. The maximum absolute atomic E-state index is 12.2. The largest absolute Gasteiger partial charge is 0.573 e. The van der Waals surface area contributed by atoms with Crippen LogP contribution in [-0.2, 0) is 6.54 Å². The van der Waals surface area contributed by atoms with Crippen molar-refractivity contribution >= 4 is 0 Å². The van der Waals surface area contributed by atoms with Crippen molar-refractivity contribution < 1.29 is 23.0 Å². The van der Waals surface area contributed by atoms with Gasteiger partial charge >= 0.3 is 6.36 Å². The Morgan fingerprint density at radius 3 is 2.67 bits per heavy atom. The zero-order valence-electron chi connectivity index (χ0n) is 13.9. The van der Waals surface area contributed by atoms with E-state index in [4.69, 9.17) is 0 Å². The number of hydrogen-bond acceptors (Lipinski definition) is 4. The SMILES string of the molecule is C[C@H](O)CN1CCC(CNCc2cccc(OC(F)(F)F)c2)CC1. The van der Waals surface area contributed by atoms with Crippen molar-refractivity contribution in [2.24, 2.45) is 5.92 Å². The van der Waals surface area contributed by atoms with Gasteiger partial charge in [0.25, 0.3) is 0 Å². The van der Waals surface area contributed by atoms with Gasteiger partial charge in [0.05, 0.1) is 6.10 Å². The van der Waals surface area contributed by atoms with Crippen LogP contribution in [0.15, 0.2) is 24.3 Å². The molecular weight excluding hydrogens is 321 g/mol. The van der Waals surface area contributed by atoms with Crippen LogP contribution in [0.4, 0.5) is 13.2 Å². The zero-order chi connectivity index (χ0) is 17.6. The summed E-state index contributed by atoms with van der Waals surface area (Å²) in [4.78, 5) is 2.26. The minimum Gasteiger partial charge on any atom is -0.406 e. The molecule has 4 nitrogen and oxygen atoms in total.